The zero-order chi connectivity index (χ0) is 11.5. The smallest absolute Gasteiger partial charge is 0.356 e. The number of aromatic nitrogens is 3. The number of carbonyl (C=O) groups is 1. The van der Waals surface area contributed by atoms with Crippen molar-refractivity contribution in [2.24, 2.45) is 0 Å². The first kappa shape index (κ1) is 10.8. The van der Waals surface area contributed by atoms with E-state index in [-0.39, 0.29) is 0 Å². The minimum atomic E-state index is -0.408. The Labute approximate surface area is 96.5 Å². The largest absolute Gasteiger partial charge is 0.464 e. The van der Waals surface area contributed by atoms with Gasteiger partial charge in [0.25, 0.3) is 0 Å². The lowest BCUT2D eigenvalue weighted by atomic mass is 10.4. The van der Waals surface area contributed by atoms with Crippen LogP contribution in [0.1, 0.15) is 26.2 Å². The number of H-pyrrole nitrogens is 1. The standard InChI is InChI=1S/C10H11N3O2S/c1-6-4-12-9(16-6)3-8-11-5-7(13-8)10(14)15-2/h4-5H,3H2,1-2H3,(H,11,13). The van der Waals surface area contributed by atoms with Crippen LogP contribution in [0.25, 0.3) is 0 Å². The molecule has 1 N–H and O–H groups in total. The van der Waals surface area contributed by atoms with Gasteiger partial charge < -0.3 is 9.72 Å². The summed E-state index contributed by atoms with van der Waals surface area (Å²) in [6, 6.07) is 0. The molecule has 0 saturated carbocycles. The number of nitrogens with zero attached hydrogens (tertiary/aromatic N) is 2. The van der Waals surface area contributed by atoms with Gasteiger partial charge in [0.2, 0.25) is 0 Å². The molecular weight excluding hydrogens is 226 g/mol. The number of methoxy groups -OCH3 is 1. The van der Waals surface area contributed by atoms with Crippen LogP contribution < -0.4 is 0 Å². The van der Waals surface area contributed by atoms with Gasteiger partial charge in [0.1, 0.15) is 16.5 Å². The molecule has 2 aromatic rings. The fourth-order valence-electron chi connectivity index (χ4n) is 1.29. The maximum absolute atomic E-state index is 11.2. The normalized spacial score (nSPS) is 10.4. The maximum Gasteiger partial charge on any atom is 0.356 e. The zero-order valence-electron chi connectivity index (χ0n) is 8.98. The molecular formula is C10H11N3O2S. The lowest BCUT2D eigenvalue weighted by Gasteiger charge is -1.93. The number of thiazole rings is 1. The van der Waals surface area contributed by atoms with Crippen LogP contribution in [0.4, 0.5) is 0 Å². The average molecular weight is 237 g/mol. The molecule has 2 aromatic heterocycles. The molecule has 2 heterocycles. The van der Waals surface area contributed by atoms with Crippen molar-refractivity contribution in [1.82, 2.24) is 15.0 Å². The molecule has 0 saturated heterocycles. The summed E-state index contributed by atoms with van der Waals surface area (Å²) in [6.45, 7) is 2.00. The van der Waals surface area contributed by atoms with Crippen molar-refractivity contribution in [1.29, 1.82) is 0 Å². The number of imidazole rings is 1. The molecule has 5 nitrogen and oxygen atoms in total. The zero-order valence-corrected chi connectivity index (χ0v) is 9.80. The van der Waals surface area contributed by atoms with Crippen molar-refractivity contribution in [2.45, 2.75) is 13.3 Å². The number of hydrogen-bond acceptors (Lipinski definition) is 5. The fourth-order valence-corrected chi connectivity index (χ4v) is 2.08. The summed E-state index contributed by atoms with van der Waals surface area (Å²) in [5.74, 6) is 0.309. The molecule has 0 bridgehead atoms. The van der Waals surface area contributed by atoms with E-state index < -0.39 is 5.97 Å². The van der Waals surface area contributed by atoms with Gasteiger partial charge in [0.05, 0.1) is 19.7 Å². The lowest BCUT2D eigenvalue weighted by molar-refractivity contribution is 0.0594. The quantitative estimate of drug-likeness (QED) is 0.822. The summed E-state index contributed by atoms with van der Waals surface area (Å²) in [5, 5.41) is 0.975. The summed E-state index contributed by atoms with van der Waals surface area (Å²) >= 11 is 1.62. The predicted molar refractivity (Wildman–Crippen MR) is 59.6 cm³/mol. The van der Waals surface area contributed by atoms with Gasteiger partial charge in [-0.15, -0.1) is 11.3 Å². The van der Waals surface area contributed by atoms with Crippen molar-refractivity contribution in [3.63, 3.8) is 0 Å². The number of hydrogen-bond donors (Lipinski definition) is 1. The van der Waals surface area contributed by atoms with E-state index >= 15 is 0 Å². The number of ether oxygens (including phenoxy) is 1. The minimum Gasteiger partial charge on any atom is -0.464 e. The van der Waals surface area contributed by atoms with Crippen molar-refractivity contribution < 1.29 is 9.53 Å². The molecule has 0 amide bonds. The SMILES string of the molecule is COC(=O)c1cnc(Cc2ncc(C)s2)[nH]1. The van der Waals surface area contributed by atoms with Crippen LogP contribution in [0.2, 0.25) is 0 Å². The Bertz CT molecular complexity index is 504. The Kier molecular flexibility index (Phi) is 3.00. The molecule has 0 radical (unpaired) electrons. The molecule has 16 heavy (non-hydrogen) atoms. The number of carbonyl (C=O) groups excluding carboxylic acids is 1. The van der Waals surface area contributed by atoms with Crippen LogP contribution in [0.5, 0.6) is 0 Å². The molecule has 0 aliphatic carbocycles. The first-order valence-electron chi connectivity index (χ1n) is 4.72. The van der Waals surface area contributed by atoms with Gasteiger partial charge in [-0.2, -0.15) is 0 Å². The molecule has 0 fully saturated rings. The summed E-state index contributed by atoms with van der Waals surface area (Å²) in [6.07, 6.45) is 3.90. The van der Waals surface area contributed by atoms with Crippen molar-refractivity contribution in [2.75, 3.05) is 7.11 Å². The van der Waals surface area contributed by atoms with E-state index in [1.165, 1.54) is 13.3 Å². The molecule has 0 aliphatic rings. The van der Waals surface area contributed by atoms with Gasteiger partial charge in [-0.3, -0.25) is 0 Å². The van der Waals surface area contributed by atoms with Gasteiger partial charge in [0.15, 0.2) is 0 Å². The van der Waals surface area contributed by atoms with Crippen LogP contribution in [0, 0.1) is 6.92 Å². The molecule has 84 valence electrons. The summed E-state index contributed by atoms with van der Waals surface area (Å²) in [4.78, 5) is 23.6. The summed E-state index contributed by atoms with van der Waals surface area (Å²) < 4.78 is 4.58. The molecule has 6 heteroatoms. The van der Waals surface area contributed by atoms with E-state index in [9.17, 15) is 4.79 Å². The highest BCUT2D eigenvalue weighted by Gasteiger charge is 2.10. The van der Waals surface area contributed by atoms with Crippen LogP contribution in [-0.2, 0) is 11.2 Å². The van der Waals surface area contributed by atoms with Crippen LogP contribution in [0.15, 0.2) is 12.4 Å². The third-order valence-electron chi connectivity index (χ3n) is 2.02. The predicted octanol–water partition coefficient (Wildman–Crippen LogP) is 1.55. The molecule has 0 aliphatic heterocycles. The van der Waals surface area contributed by atoms with E-state index in [2.05, 4.69) is 19.7 Å². The Hall–Kier alpha value is -1.69. The van der Waals surface area contributed by atoms with Gasteiger partial charge in [-0.1, -0.05) is 0 Å². The van der Waals surface area contributed by atoms with Crippen molar-refractivity contribution >= 4 is 17.3 Å². The topological polar surface area (TPSA) is 67.9 Å². The van der Waals surface area contributed by atoms with E-state index in [0.717, 1.165) is 15.7 Å². The molecule has 2 rings (SSSR count). The third-order valence-corrected chi connectivity index (χ3v) is 2.93. The molecule has 0 aromatic carbocycles. The summed E-state index contributed by atoms with van der Waals surface area (Å²) in [7, 11) is 1.34. The second kappa shape index (κ2) is 4.44. The maximum atomic E-state index is 11.2. The molecule has 0 atom stereocenters. The Morgan fingerprint density at radius 2 is 2.31 bits per heavy atom. The summed E-state index contributed by atoms with van der Waals surface area (Å²) in [5.41, 5.74) is 0.366. The highest BCUT2D eigenvalue weighted by Crippen LogP contribution is 2.14. The highest BCUT2D eigenvalue weighted by atomic mass is 32.1. The number of aryl methyl sites for hydroxylation is 1. The third kappa shape index (κ3) is 2.27. The Morgan fingerprint density at radius 3 is 2.94 bits per heavy atom. The minimum absolute atomic E-state index is 0.366. The van der Waals surface area contributed by atoms with E-state index in [0.29, 0.717) is 12.1 Å². The first-order valence-corrected chi connectivity index (χ1v) is 5.54. The molecule has 0 unspecified atom stereocenters. The van der Waals surface area contributed by atoms with Gasteiger partial charge in [-0.25, -0.2) is 14.8 Å². The van der Waals surface area contributed by atoms with Crippen molar-refractivity contribution in [3.05, 3.63) is 33.8 Å². The molecule has 0 spiro atoms. The second-order valence-corrected chi connectivity index (χ2v) is 4.60. The van der Waals surface area contributed by atoms with E-state index in [1.807, 2.05) is 13.1 Å². The van der Waals surface area contributed by atoms with E-state index in [1.54, 1.807) is 11.3 Å². The highest BCUT2D eigenvalue weighted by molar-refractivity contribution is 7.11. The second-order valence-electron chi connectivity index (χ2n) is 3.28. The first-order chi connectivity index (χ1) is 7.69. The Morgan fingerprint density at radius 1 is 1.50 bits per heavy atom. The van der Waals surface area contributed by atoms with Gasteiger partial charge >= 0.3 is 5.97 Å². The van der Waals surface area contributed by atoms with Gasteiger partial charge in [0, 0.05) is 11.1 Å². The van der Waals surface area contributed by atoms with Crippen LogP contribution in [-0.4, -0.2) is 28.0 Å². The fraction of sp³-hybridized carbons (Fsp3) is 0.300. The lowest BCUT2D eigenvalue weighted by Crippen LogP contribution is -2.01. The number of esters is 1. The average Bonchev–Trinajstić information content (AvgIpc) is 2.87. The number of nitrogens with one attached hydrogen (secondary N) is 1. The van der Waals surface area contributed by atoms with E-state index in [4.69, 9.17) is 0 Å². The van der Waals surface area contributed by atoms with Crippen molar-refractivity contribution in [3.8, 4) is 0 Å². The van der Waals surface area contributed by atoms with Crippen LogP contribution >= 0.6 is 11.3 Å². The Balaban J connectivity index is 2.11. The van der Waals surface area contributed by atoms with Crippen LogP contribution in [0.3, 0.4) is 0 Å². The van der Waals surface area contributed by atoms with Gasteiger partial charge in [-0.05, 0) is 6.92 Å². The monoisotopic (exact) mass is 237 g/mol. The number of aromatic amines is 1. The number of rotatable bonds is 3.